The Morgan fingerprint density at radius 2 is 1.89 bits per heavy atom. The van der Waals surface area contributed by atoms with Crippen LogP contribution in [0.3, 0.4) is 0 Å². The van der Waals surface area contributed by atoms with Gasteiger partial charge in [0.05, 0.1) is 5.69 Å². The predicted octanol–water partition coefficient (Wildman–Crippen LogP) is 4.18. The third kappa shape index (κ3) is 5.58. The van der Waals surface area contributed by atoms with Gasteiger partial charge in [0.2, 0.25) is 0 Å². The van der Waals surface area contributed by atoms with Gasteiger partial charge in [-0.25, -0.2) is 9.97 Å². The largest absolute Gasteiger partial charge is 0.370 e. The van der Waals surface area contributed by atoms with E-state index in [1.165, 1.54) is 0 Å². The molecule has 108 valence electrons. The topological polar surface area (TPSA) is 37.8 Å². The summed E-state index contributed by atoms with van der Waals surface area (Å²) in [5.41, 5.74) is 1.19. The Bertz CT molecular complexity index is 391. The second-order valence-electron chi connectivity index (χ2n) is 6.66. The highest BCUT2D eigenvalue weighted by Gasteiger charge is 2.18. The monoisotopic (exact) mass is 263 g/mol. The number of hydrogen-bond acceptors (Lipinski definition) is 3. The van der Waals surface area contributed by atoms with Crippen LogP contribution in [-0.4, -0.2) is 16.5 Å². The van der Waals surface area contributed by atoms with Gasteiger partial charge >= 0.3 is 0 Å². The molecule has 0 aliphatic carbocycles. The Hall–Kier alpha value is -1.12. The van der Waals surface area contributed by atoms with Crippen LogP contribution in [0.25, 0.3) is 0 Å². The molecule has 0 radical (unpaired) electrons. The normalized spacial score (nSPS) is 11.9. The Labute approximate surface area is 118 Å². The van der Waals surface area contributed by atoms with Gasteiger partial charge in [-0.3, -0.25) is 0 Å². The molecule has 0 saturated heterocycles. The molecule has 19 heavy (non-hydrogen) atoms. The van der Waals surface area contributed by atoms with E-state index in [9.17, 15) is 0 Å². The van der Waals surface area contributed by atoms with Gasteiger partial charge in [-0.2, -0.15) is 0 Å². The van der Waals surface area contributed by atoms with Crippen LogP contribution in [0.15, 0.2) is 6.07 Å². The Morgan fingerprint density at radius 1 is 1.21 bits per heavy atom. The Morgan fingerprint density at radius 3 is 2.42 bits per heavy atom. The third-order valence-corrected chi connectivity index (χ3v) is 3.04. The van der Waals surface area contributed by atoms with E-state index in [2.05, 4.69) is 57.9 Å². The fourth-order valence-corrected chi connectivity index (χ4v) is 1.75. The lowest BCUT2D eigenvalue weighted by Crippen LogP contribution is -2.17. The zero-order valence-electron chi connectivity index (χ0n) is 13.4. The molecular weight excluding hydrogens is 234 g/mol. The first-order chi connectivity index (χ1) is 8.82. The molecule has 0 unspecified atom stereocenters. The molecular formula is C16H29N3. The van der Waals surface area contributed by atoms with Crippen LogP contribution in [0.2, 0.25) is 0 Å². The number of nitrogens with zero attached hydrogens (tertiary/aromatic N) is 2. The highest BCUT2D eigenvalue weighted by Crippen LogP contribution is 2.23. The smallest absolute Gasteiger partial charge is 0.131 e. The summed E-state index contributed by atoms with van der Waals surface area (Å²) in [6.45, 7) is 14.2. The van der Waals surface area contributed by atoms with E-state index < -0.39 is 0 Å². The van der Waals surface area contributed by atoms with Crippen LogP contribution >= 0.6 is 0 Å². The number of anilines is 1. The van der Waals surface area contributed by atoms with E-state index in [1.807, 2.05) is 0 Å². The SMILES string of the molecule is CCCNc1cc(C(C)(C)C)nc(CCC(C)C)n1. The number of hydrogen-bond donors (Lipinski definition) is 1. The van der Waals surface area contributed by atoms with Crippen molar-refractivity contribution >= 4 is 5.82 Å². The van der Waals surface area contributed by atoms with E-state index >= 15 is 0 Å². The molecule has 0 aliphatic heterocycles. The minimum Gasteiger partial charge on any atom is -0.370 e. The molecule has 0 amide bonds. The highest BCUT2D eigenvalue weighted by atomic mass is 15.0. The summed E-state index contributed by atoms with van der Waals surface area (Å²) in [6, 6.07) is 2.09. The van der Waals surface area contributed by atoms with E-state index in [0.717, 1.165) is 43.1 Å². The van der Waals surface area contributed by atoms with Gasteiger partial charge in [0.25, 0.3) is 0 Å². The predicted molar refractivity (Wildman–Crippen MR) is 82.7 cm³/mol. The molecule has 0 atom stereocenters. The van der Waals surface area contributed by atoms with Crippen molar-refractivity contribution in [3.63, 3.8) is 0 Å². The lowest BCUT2D eigenvalue weighted by molar-refractivity contribution is 0.546. The van der Waals surface area contributed by atoms with Crippen LogP contribution in [0.5, 0.6) is 0 Å². The first-order valence-corrected chi connectivity index (χ1v) is 7.45. The van der Waals surface area contributed by atoms with Crippen LogP contribution < -0.4 is 5.32 Å². The summed E-state index contributed by atoms with van der Waals surface area (Å²) in [7, 11) is 0. The van der Waals surface area contributed by atoms with E-state index in [-0.39, 0.29) is 5.41 Å². The minimum absolute atomic E-state index is 0.0676. The fraction of sp³-hybridized carbons (Fsp3) is 0.750. The zero-order chi connectivity index (χ0) is 14.5. The van der Waals surface area contributed by atoms with Gasteiger partial charge in [0.15, 0.2) is 0 Å². The van der Waals surface area contributed by atoms with Crippen molar-refractivity contribution in [3.8, 4) is 0 Å². The summed E-state index contributed by atoms with van der Waals surface area (Å²) in [5, 5.41) is 3.38. The van der Waals surface area contributed by atoms with Gasteiger partial charge < -0.3 is 5.32 Å². The molecule has 0 spiro atoms. The highest BCUT2D eigenvalue weighted by molar-refractivity contribution is 5.38. The van der Waals surface area contributed by atoms with Gasteiger partial charge in [-0.15, -0.1) is 0 Å². The van der Waals surface area contributed by atoms with E-state index in [0.29, 0.717) is 5.92 Å². The standard InChI is InChI=1S/C16H29N3/c1-7-10-17-15-11-13(16(4,5)6)18-14(19-15)9-8-12(2)3/h11-12H,7-10H2,1-6H3,(H,17,18,19). The second-order valence-corrected chi connectivity index (χ2v) is 6.66. The second kappa shape index (κ2) is 6.88. The molecule has 3 heteroatoms. The van der Waals surface area contributed by atoms with Crippen LogP contribution in [0.4, 0.5) is 5.82 Å². The van der Waals surface area contributed by atoms with Crippen LogP contribution in [-0.2, 0) is 11.8 Å². The summed E-state index contributed by atoms with van der Waals surface area (Å²) in [6.07, 6.45) is 3.21. The minimum atomic E-state index is 0.0676. The summed E-state index contributed by atoms with van der Waals surface area (Å²) < 4.78 is 0. The van der Waals surface area contributed by atoms with Gasteiger partial charge in [-0.05, 0) is 18.8 Å². The molecule has 3 nitrogen and oxygen atoms in total. The molecule has 1 N–H and O–H groups in total. The molecule has 0 aromatic carbocycles. The summed E-state index contributed by atoms with van der Waals surface area (Å²) in [5.74, 6) is 2.63. The van der Waals surface area contributed by atoms with Crippen LogP contribution in [0, 0.1) is 5.92 Å². The maximum Gasteiger partial charge on any atom is 0.131 e. The first kappa shape index (κ1) is 15.9. The van der Waals surface area contributed by atoms with Crippen molar-refractivity contribution in [1.82, 2.24) is 9.97 Å². The molecule has 0 aliphatic rings. The maximum atomic E-state index is 4.73. The zero-order valence-corrected chi connectivity index (χ0v) is 13.4. The van der Waals surface area contributed by atoms with Crippen molar-refractivity contribution in [2.45, 2.75) is 66.2 Å². The molecule has 1 heterocycles. The lowest BCUT2D eigenvalue weighted by Gasteiger charge is -2.20. The van der Waals surface area contributed by atoms with Gasteiger partial charge in [0.1, 0.15) is 11.6 Å². The van der Waals surface area contributed by atoms with Crippen molar-refractivity contribution < 1.29 is 0 Å². The molecule has 0 bridgehead atoms. The lowest BCUT2D eigenvalue weighted by atomic mass is 9.91. The van der Waals surface area contributed by atoms with Crippen molar-refractivity contribution in [2.75, 3.05) is 11.9 Å². The van der Waals surface area contributed by atoms with Crippen molar-refractivity contribution in [2.24, 2.45) is 5.92 Å². The van der Waals surface area contributed by atoms with E-state index in [4.69, 9.17) is 4.98 Å². The molecule has 0 fully saturated rings. The van der Waals surface area contributed by atoms with Crippen LogP contribution in [0.1, 0.15) is 65.9 Å². The first-order valence-electron chi connectivity index (χ1n) is 7.45. The summed E-state index contributed by atoms with van der Waals surface area (Å²) in [4.78, 5) is 9.37. The number of aromatic nitrogens is 2. The number of aryl methyl sites for hydroxylation is 1. The molecule has 0 saturated carbocycles. The Kier molecular flexibility index (Phi) is 5.77. The third-order valence-electron chi connectivity index (χ3n) is 3.04. The average Bonchev–Trinajstić information content (AvgIpc) is 2.32. The van der Waals surface area contributed by atoms with E-state index in [1.54, 1.807) is 0 Å². The van der Waals surface area contributed by atoms with Gasteiger partial charge in [-0.1, -0.05) is 41.5 Å². The molecule has 1 aromatic heterocycles. The van der Waals surface area contributed by atoms with Crippen molar-refractivity contribution in [1.29, 1.82) is 0 Å². The number of rotatable bonds is 6. The quantitative estimate of drug-likeness (QED) is 0.836. The average molecular weight is 263 g/mol. The summed E-state index contributed by atoms with van der Waals surface area (Å²) >= 11 is 0. The fourth-order valence-electron chi connectivity index (χ4n) is 1.75. The van der Waals surface area contributed by atoms with Crippen molar-refractivity contribution in [3.05, 3.63) is 17.6 Å². The maximum absolute atomic E-state index is 4.73. The number of nitrogens with one attached hydrogen (secondary N) is 1. The van der Waals surface area contributed by atoms with Gasteiger partial charge in [0, 0.05) is 24.4 Å². The molecule has 1 aromatic rings. The Balaban J connectivity index is 2.95. The molecule has 1 rings (SSSR count).